The van der Waals surface area contributed by atoms with E-state index in [0.717, 1.165) is 11.5 Å². The Kier molecular flexibility index (Phi) is 3.70. The van der Waals surface area contributed by atoms with Crippen molar-refractivity contribution in [1.82, 2.24) is 0 Å². The Hall–Kier alpha value is -1.24. The van der Waals surface area contributed by atoms with Crippen molar-refractivity contribution in [2.75, 3.05) is 0 Å². The zero-order chi connectivity index (χ0) is 18.1. The van der Waals surface area contributed by atoms with E-state index in [0.29, 0.717) is 11.3 Å². The van der Waals surface area contributed by atoms with Crippen LogP contribution >= 0.6 is 0 Å². The molecule has 0 N–H and O–H groups in total. The minimum absolute atomic E-state index is 0.251. The van der Waals surface area contributed by atoms with Crippen LogP contribution in [0.5, 0.6) is 0 Å². The fourth-order valence-electron chi connectivity index (χ4n) is 6.28. The predicted molar refractivity (Wildman–Crippen MR) is 107 cm³/mol. The number of hydrogen-bond donors (Lipinski definition) is 0. The van der Waals surface area contributed by atoms with Crippen LogP contribution in [-0.2, 0) is 5.41 Å². The van der Waals surface area contributed by atoms with Crippen molar-refractivity contribution in [3.05, 3.63) is 34.1 Å². The molecule has 1 nitrogen and oxygen atoms in total. The molecule has 0 spiro atoms. The SMILES string of the molecule is Cc1cc2c3c(oc2c(C)c1C)C(C)CC[C@@H]1C(C)(C)CCC[C@@]31C. The van der Waals surface area contributed by atoms with Gasteiger partial charge in [-0.3, -0.25) is 0 Å². The number of benzene rings is 1. The van der Waals surface area contributed by atoms with Crippen molar-refractivity contribution in [2.24, 2.45) is 11.3 Å². The number of aryl methyl sites for hydroxylation is 2. The van der Waals surface area contributed by atoms with Gasteiger partial charge in [0.2, 0.25) is 0 Å². The Morgan fingerprint density at radius 3 is 2.44 bits per heavy atom. The van der Waals surface area contributed by atoms with Crippen molar-refractivity contribution < 1.29 is 4.42 Å². The predicted octanol–water partition coefficient (Wildman–Crippen LogP) is 7.34. The second kappa shape index (κ2) is 5.38. The van der Waals surface area contributed by atoms with E-state index in [1.807, 2.05) is 0 Å². The van der Waals surface area contributed by atoms with Gasteiger partial charge in [0.1, 0.15) is 11.3 Å². The van der Waals surface area contributed by atoms with Gasteiger partial charge in [-0.1, -0.05) is 34.1 Å². The molecule has 2 aliphatic carbocycles. The van der Waals surface area contributed by atoms with Crippen LogP contribution in [0.4, 0.5) is 0 Å². The van der Waals surface area contributed by atoms with Gasteiger partial charge in [0.05, 0.1) is 0 Å². The highest BCUT2D eigenvalue weighted by Crippen LogP contribution is 2.59. The summed E-state index contributed by atoms with van der Waals surface area (Å²) in [5.74, 6) is 2.58. The van der Waals surface area contributed by atoms with E-state index in [-0.39, 0.29) is 5.41 Å². The van der Waals surface area contributed by atoms with Gasteiger partial charge < -0.3 is 4.42 Å². The molecule has 25 heavy (non-hydrogen) atoms. The highest BCUT2D eigenvalue weighted by atomic mass is 16.3. The summed E-state index contributed by atoms with van der Waals surface area (Å²) in [6, 6.07) is 2.42. The monoisotopic (exact) mass is 338 g/mol. The second-order valence-corrected chi connectivity index (χ2v) is 9.95. The minimum atomic E-state index is 0.251. The fraction of sp³-hybridized carbons (Fsp3) is 0.667. The van der Waals surface area contributed by atoms with Crippen LogP contribution in [0.1, 0.15) is 93.7 Å². The molecule has 1 saturated carbocycles. The largest absolute Gasteiger partial charge is 0.460 e. The highest BCUT2D eigenvalue weighted by molar-refractivity contribution is 5.88. The molecular weight excluding hydrogens is 304 g/mol. The standard InChI is InChI=1S/C24H34O/c1-14-9-10-19-23(5,6)11-8-12-24(19,7)20-18-13-15(2)16(3)17(4)22(18)25-21(14)20/h13-14,19H,8-12H2,1-7H3/t14?,19-,24-/m1/s1. The van der Waals surface area contributed by atoms with Gasteiger partial charge in [0, 0.05) is 16.9 Å². The summed E-state index contributed by atoms with van der Waals surface area (Å²) < 4.78 is 6.63. The zero-order valence-electron chi connectivity index (χ0n) is 17.2. The summed E-state index contributed by atoms with van der Waals surface area (Å²) in [6.45, 7) is 16.7. The highest BCUT2D eigenvalue weighted by Gasteiger charge is 2.51. The molecule has 0 amide bonds. The van der Waals surface area contributed by atoms with Gasteiger partial charge in [0.25, 0.3) is 0 Å². The molecule has 1 heteroatoms. The fourth-order valence-corrected chi connectivity index (χ4v) is 6.28. The van der Waals surface area contributed by atoms with Crippen LogP contribution in [0.2, 0.25) is 0 Å². The molecule has 1 unspecified atom stereocenters. The summed E-state index contributed by atoms with van der Waals surface area (Å²) >= 11 is 0. The first-order chi connectivity index (χ1) is 11.7. The van der Waals surface area contributed by atoms with Crippen molar-refractivity contribution in [1.29, 1.82) is 0 Å². The Morgan fingerprint density at radius 2 is 1.72 bits per heavy atom. The van der Waals surface area contributed by atoms with Crippen molar-refractivity contribution in [3.63, 3.8) is 0 Å². The molecule has 1 fully saturated rings. The quantitative estimate of drug-likeness (QED) is 0.490. The first-order valence-electron chi connectivity index (χ1n) is 10.2. The Labute approximate surface area is 153 Å². The van der Waals surface area contributed by atoms with Crippen molar-refractivity contribution in [2.45, 2.75) is 91.9 Å². The molecule has 1 aromatic carbocycles. The van der Waals surface area contributed by atoms with E-state index in [9.17, 15) is 0 Å². The van der Waals surface area contributed by atoms with Crippen LogP contribution in [0.3, 0.4) is 0 Å². The number of fused-ring (bicyclic) bond motifs is 5. The minimum Gasteiger partial charge on any atom is -0.460 e. The molecule has 1 aromatic heterocycles. The average Bonchev–Trinajstić information content (AvgIpc) is 2.86. The Morgan fingerprint density at radius 1 is 1.00 bits per heavy atom. The van der Waals surface area contributed by atoms with Crippen LogP contribution < -0.4 is 0 Å². The normalized spacial score (nSPS) is 31.5. The lowest BCUT2D eigenvalue weighted by molar-refractivity contribution is 0.0504. The van der Waals surface area contributed by atoms with Crippen LogP contribution in [0, 0.1) is 32.1 Å². The summed E-state index contributed by atoms with van der Waals surface area (Å²) in [5, 5.41) is 1.41. The molecule has 3 atom stereocenters. The van der Waals surface area contributed by atoms with Crippen LogP contribution in [0.25, 0.3) is 11.0 Å². The van der Waals surface area contributed by atoms with Gasteiger partial charge in [-0.2, -0.15) is 0 Å². The lowest BCUT2D eigenvalue weighted by Crippen LogP contribution is -2.44. The lowest BCUT2D eigenvalue weighted by atomic mass is 9.53. The zero-order valence-corrected chi connectivity index (χ0v) is 17.2. The second-order valence-electron chi connectivity index (χ2n) is 9.95. The molecule has 2 aliphatic rings. The summed E-state index contributed by atoms with van der Waals surface area (Å²) in [6.07, 6.45) is 6.60. The maximum absolute atomic E-state index is 6.63. The van der Waals surface area contributed by atoms with E-state index in [1.165, 1.54) is 59.9 Å². The maximum Gasteiger partial charge on any atom is 0.137 e. The molecule has 0 radical (unpaired) electrons. The molecular formula is C24H34O. The van der Waals surface area contributed by atoms with Crippen molar-refractivity contribution >= 4 is 11.0 Å². The molecule has 4 rings (SSSR count). The van der Waals surface area contributed by atoms with Gasteiger partial charge in [-0.25, -0.2) is 0 Å². The first kappa shape index (κ1) is 17.2. The molecule has 2 aromatic rings. The van der Waals surface area contributed by atoms with Gasteiger partial charge in [-0.05, 0) is 86.0 Å². The van der Waals surface area contributed by atoms with Crippen molar-refractivity contribution in [3.8, 4) is 0 Å². The van der Waals surface area contributed by atoms with Gasteiger partial charge in [-0.15, -0.1) is 0 Å². The molecule has 0 saturated heterocycles. The van der Waals surface area contributed by atoms with E-state index in [4.69, 9.17) is 4.42 Å². The maximum atomic E-state index is 6.63. The van der Waals surface area contributed by atoms with Gasteiger partial charge in [0.15, 0.2) is 0 Å². The Bertz CT molecular complexity index is 838. The average molecular weight is 339 g/mol. The molecule has 0 aliphatic heterocycles. The van der Waals surface area contributed by atoms with E-state index < -0.39 is 0 Å². The molecule has 136 valence electrons. The van der Waals surface area contributed by atoms with E-state index >= 15 is 0 Å². The van der Waals surface area contributed by atoms with Crippen LogP contribution in [-0.4, -0.2) is 0 Å². The van der Waals surface area contributed by atoms with E-state index in [1.54, 1.807) is 5.56 Å². The lowest BCUT2D eigenvalue weighted by Gasteiger charge is -2.50. The topological polar surface area (TPSA) is 13.1 Å². The van der Waals surface area contributed by atoms with Gasteiger partial charge >= 0.3 is 0 Å². The smallest absolute Gasteiger partial charge is 0.137 e. The molecule has 1 heterocycles. The number of furan rings is 1. The number of hydrogen-bond acceptors (Lipinski definition) is 1. The summed E-state index contributed by atoms with van der Waals surface area (Å²) in [5.41, 5.74) is 7.52. The Balaban J connectivity index is 2.07. The van der Waals surface area contributed by atoms with Crippen LogP contribution in [0.15, 0.2) is 10.5 Å². The summed E-state index contributed by atoms with van der Waals surface area (Å²) in [7, 11) is 0. The van der Waals surface area contributed by atoms with E-state index in [2.05, 4.69) is 54.5 Å². The third-order valence-electron chi connectivity index (χ3n) is 7.96. The third-order valence-corrected chi connectivity index (χ3v) is 7.96. The number of rotatable bonds is 0. The summed E-state index contributed by atoms with van der Waals surface area (Å²) in [4.78, 5) is 0. The first-order valence-corrected chi connectivity index (χ1v) is 10.2. The third kappa shape index (κ3) is 2.27. The molecule has 0 bridgehead atoms.